The van der Waals surface area contributed by atoms with Crippen molar-refractivity contribution in [2.45, 2.75) is 5.72 Å². The highest BCUT2D eigenvalue weighted by molar-refractivity contribution is 6.32. The standard InChI is InChI=1S/C16H13N3O5/c1-24-10-2-3-11-12(8-10)14(21)16(23,13(11)20)19(17)15(22)9-4-6-18-7-5-9/h2-8,23H,17H2,1H3. The second-order valence-corrected chi connectivity index (χ2v) is 5.15. The number of fused-ring (bicyclic) bond motifs is 1. The van der Waals surface area contributed by atoms with E-state index >= 15 is 0 Å². The van der Waals surface area contributed by atoms with Crippen molar-refractivity contribution in [2.24, 2.45) is 5.84 Å². The summed E-state index contributed by atoms with van der Waals surface area (Å²) in [7, 11) is 1.40. The van der Waals surface area contributed by atoms with Crippen LogP contribution >= 0.6 is 0 Å². The Balaban J connectivity index is 2.03. The highest BCUT2D eigenvalue weighted by Crippen LogP contribution is 2.34. The van der Waals surface area contributed by atoms with Crippen LogP contribution in [0.5, 0.6) is 5.75 Å². The number of hydrogen-bond donors (Lipinski definition) is 2. The number of benzene rings is 1. The first-order valence-corrected chi connectivity index (χ1v) is 6.90. The summed E-state index contributed by atoms with van der Waals surface area (Å²) in [5.74, 6) is 3.17. The molecule has 0 spiro atoms. The van der Waals surface area contributed by atoms with Crippen molar-refractivity contribution in [2.75, 3.05) is 7.11 Å². The summed E-state index contributed by atoms with van der Waals surface area (Å²) in [4.78, 5) is 41.2. The van der Waals surface area contributed by atoms with Crippen LogP contribution in [0.15, 0.2) is 42.7 Å². The smallest absolute Gasteiger partial charge is 0.284 e. The number of nitrogens with two attached hydrogens (primary N) is 1. The number of ketones is 2. The molecule has 1 atom stereocenters. The Kier molecular flexibility index (Phi) is 3.63. The van der Waals surface area contributed by atoms with Crippen LogP contribution in [-0.4, -0.2) is 45.4 Å². The summed E-state index contributed by atoms with van der Waals surface area (Å²) in [5.41, 5.74) is -2.80. The van der Waals surface area contributed by atoms with Gasteiger partial charge in [-0.3, -0.25) is 19.4 Å². The van der Waals surface area contributed by atoms with Crippen LogP contribution in [0.4, 0.5) is 0 Å². The Labute approximate surface area is 136 Å². The summed E-state index contributed by atoms with van der Waals surface area (Å²) in [6.07, 6.45) is 2.70. The summed E-state index contributed by atoms with van der Waals surface area (Å²) in [6.45, 7) is 0. The molecule has 0 bridgehead atoms. The maximum absolute atomic E-state index is 12.6. The number of methoxy groups -OCH3 is 1. The minimum atomic E-state index is -2.80. The maximum Gasteiger partial charge on any atom is 0.284 e. The van der Waals surface area contributed by atoms with Gasteiger partial charge in [-0.25, -0.2) is 10.9 Å². The van der Waals surface area contributed by atoms with Crippen LogP contribution in [-0.2, 0) is 0 Å². The van der Waals surface area contributed by atoms with Gasteiger partial charge in [-0.2, -0.15) is 0 Å². The predicted molar refractivity (Wildman–Crippen MR) is 81.2 cm³/mol. The van der Waals surface area contributed by atoms with Crippen molar-refractivity contribution in [3.63, 3.8) is 0 Å². The summed E-state index contributed by atoms with van der Waals surface area (Å²) >= 11 is 0. The Morgan fingerprint density at radius 2 is 1.79 bits per heavy atom. The molecule has 0 saturated heterocycles. The van der Waals surface area contributed by atoms with Gasteiger partial charge in [-0.15, -0.1) is 0 Å². The van der Waals surface area contributed by atoms with Gasteiger partial charge >= 0.3 is 0 Å². The van der Waals surface area contributed by atoms with E-state index in [0.29, 0.717) is 5.75 Å². The van der Waals surface area contributed by atoms with Gasteiger partial charge in [0, 0.05) is 29.1 Å². The normalized spacial score (nSPS) is 19.1. The Morgan fingerprint density at radius 3 is 2.42 bits per heavy atom. The predicted octanol–water partition coefficient (Wildman–Crippen LogP) is 0.174. The lowest BCUT2D eigenvalue weighted by Crippen LogP contribution is -2.62. The molecular formula is C16H13N3O5. The molecule has 1 aromatic heterocycles. The molecule has 3 N–H and O–H groups in total. The number of aromatic nitrogens is 1. The van der Waals surface area contributed by atoms with Gasteiger partial charge < -0.3 is 9.84 Å². The first-order valence-electron chi connectivity index (χ1n) is 6.90. The van der Waals surface area contributed by atoms with Crippen LogP contribution in [0.25, 0.3) is 0 Å². The molecule has 1 unspecified atom stereocenters. The van der Waals surface area contributed by atoms with Gasteiger partial charge in [-0.1, -0.05) is 0 Å². The summed E-state index contributed by atoms with van der Waals surface area (Å²) in [5, 5.41) is 10.9. The fourth-order valence-electron chi connectivity index (χ4n) is 2.51. The van der Waals surface area contributed by atoms with Gasteiger partial charge in [0.25, 0.3) is 11.6 Å². The molecular weight excluding hydrogens is 314 g/mol. The monoisotopic (exact) mass is 327 g/mol. The van der Waals surface area contributed by atoms with Crippen molar-refractivity contribution in [3.05, 3.63) is 59.4 Å². The lowest BCUT2D eigenvalue weighted by atomic mass is 10.1. The fraction of sp³-hybridized carbons (Fsp3) is 0.125. The molecule has 3 rings (SSSR count). The molecule has 0 fully saturated rings. The molecule has 1 heterocycles. The van der Waals surface area contributed by atoms with E-state index in [9.17, 15) is 19.5 Å². The van der Waals surface area contributed by atoms with E-state index in [0.717, 1.165) is 0 Å². The molecule has 1 aromatic carbocycles. The molecule has 8 heteroatoms. The number of carbonyl (C=O) groups is 3. The minimum absolute atomic E-state index is 0.0266. The zero-order chi connectivity index (χ0) is 17.5. The number of ether oxygens (including phenoxy) is 1. The van der Waals surface area contributed by atoms with Crippen LogP contribution < -0.4 is 10.6 Å². The third kappa shape index (κ3) is 2.08. The quantitative estimate of drug-likeness (QED) is 0.271. The van der Waals surface area contributed by atoms with E-state index in [2.05, 4.69) is 4.98 Å². The fourth-order valence-corrected chi connectivity index (χ4v) is 2.51. The second kappa shape index (κ2) is 5.52. The number of nitrogens with zero attached hydrogens (tertiary/aromatic N) is 2. The van der Waals surface area contributed by atoms with E-state index in [-0.39, 0.29) is 21.7 Å². The zero-order valence-electron chi connectivity index (χ0n) is 12.6. The molecule has 8 nitrogen and oxygen atoms in total. The molecule has 2 aromatic rings. The molecule has 122 valence electrons. The molecule has 24 heavy (non-hydrogen) atoms. The Morgan fingerprint density at radius 1 is 1.17 bits per heavy atom. The SMILES string of the molecule is COc1ccc2c(c1)C(=O)C(O)(N(N)C(=O)c1ccncc1)C2=O. The Bertz CT molecular complexity index is 852. The van der Waals surface area contributed by atoms with E-state index < -0.39 is 23.2 Å². The van der Waals surface area contributed by atoms with E-state index in [1.165, 1.54) is 49.8 Å². The van der Waals surface area contributed by atoms with Gasteiger partial charge in [0.05, 0.1) is 7.11 Å². The Hall–Kier alpha value is -3.10. The van der Waals surface area contributed by atoms with Crippen molar-refractivity contribution in [1.29, 1.82) is 0 Å². The van der Waals surface area contributed by atoms with Crippen molar-refractivity contribution < 1.29 is 24.2 Å². The first kappa shape index (κ1) is 15.8. The number of rotatable bonds is 3. The van der Waals surface area contributed by atoms with Crippen LogP contribution in [0.2, 0.25) is 0 Å². The highest BCUT2D eigenvalue weighted by atomic mass is 16.5. The zero-order valence-corrected chi connectivity index (χ0v) is 12.6. The molecule has 1 amide bonds. The lowest BCUT2D eigenvalue weighted by Gasteiger charge is -2.29. The first-order chi connectivity index (χ1) is 11.4. The van der Waals surface area contributed by atoms with Gasteiger partial charge in [0.15, 0.2) is 0 Å². The van der Waals surface area contributed by atoms with Crippen molar-refractivity contribution in [3.8, 4) is 5.75 Å². The number of carbonyl (C=O) groups excluding carboxylic acids is 3. The maximum atomic E-state index is 12.6. The molecule has 0 saturated carbocycles. The van der Waals surface area contributed by atoms with Gasteiger partial charge in [0.2, 0.25) is 11.6 Å². The minimum Gasteiger partial charge on any atom is -0.497 e. The van der Waals surface area contributed by atoms with E-state index in [4.69, 9.17) is 10.6 Å². The summed E-state index contributed by atoms with van der Waals surface area (Å²) < 4.78 is 5.00. The number of aliphatic hydroxyl groups is 1. The lowest BCUT2D eigenvalue weighted by molar-refractivity contribution is -0.0389. The number of pyridine rings is 1. The molecule has 0 radical (unpaired) electrons. The van der Waals surface area contributed by atoms with E-state index in [1.54, 1.807) is 0 Å². The number of hydrazine groups is 1. The summed E-state index contributed by atoms with van der Waals surface area (Å²) in [6, 6.07) is 6.84. The van der Waals surface area contributed by atoms with Crippen LogP contribution in [0.3, 0.4) is 0 Å². The average molecular weight is 327 g/mol. The van der Waals surface area contributed by atoms with E-state index in [1.807, 2.05) is 0 Å². The number of Topliss-reactive ketones (excluding diaryl/α,β-unsaturated/α-hetero) is 2. The topological polar surface area (TPSA) is 123 Å². The highest BCUT2D eigenvalue weighted by Gasteiger charge is 2.57. The molecule has 1 aliphatic rings. The second-order valence-electron chi connectivity index (χ2n) is 5.15. The van der Waals surface area contributed by atoms with Crippen molar-refractivity contribution in [1.82, 2.24) is 9.99 Å². The number of amides is 1. The molecule has 1 aliphatic carbocycles. The third-order valence-electron chi connectivity index (χ3n) is 3.84. The number of hydrogen-bond acceptors (Lipinski definition) is 7. The third-order valence-corrected chi connectivity index (χ3v) is 3.84. The van der Waals surface area contributed by atoms with Crippen molar-refractivity contribution >= 4 is 17.5 Å². The largest absolute Gasteiger partial charge is 0.497 e. The van der Waals surface area contributed by atoms with Gasteiger partial charge in [-0.05, 0) is 30.3 Å². The van der Waals surface area contributed by atoms with Crippen LogP contribution in [0, 0.1) is 0 Å². The molecule has 0 aliphatic heterocycles. The average Bonchev–Trinajstić information content (AvgIpc) is 2.83. The van der Waals surface area contributed by atoms with Crippen LogP contribution in [0.1, 0.15) is 31.1 Å². The van der Waals surface area contributed by atoms with Gasteiger partial charge in [0.1, 0.15) is 5.75 Å².